The van der Waals surface area contributed by atoms with Crippen molar-refractivity contribution in [1.82, 2.24) is 14.9 Å². The largest absolute Gasteiger partial charge is 0.352 e. The Morgan fingerprint density at radius 1 is 1.26 bits per heavy atom. The van der Waals surface area contributed by atoms with Crippen LogP contribution < -0.4 is 10.9 Å². The van der Waals surface area contributed by atoms with Crippen LogP contribution in [0.2, 0.25) is 0 Å². The van der Waals surface area contributed by atoms with Gasteiger partial charge in [-0.3, -0.25) is 14.2 Å². The van der Waals surface area contributed by atoms with Gasteiger partial charge >= 0.3 is 0 Å². The summed E-state index contributed by atoms with van der Waals surface area (Å²) in [5.74, 6) is 0.376. The summed E-state index contributed by atoms with van der Waals surface area (Å²) in [6.07, 6.45) is 6.04. The van der Waals surface area contributed by atoms with Gasteiger partial charge in [-0.2, -0.15) is 0 Å². The maximum atomic E-state index is 12.8. The van der Waals surface area contributed by atoms with E-state index in [2.05, 4.69) is 17.2 Å². The maximum Gasteiger partial charge on any atom is 0.262 e. The molecular weight excluding hydrogens is 358 g/mol. The average Bonchev–Trinajstić information content (AvgIpc) is 3.12. The normalized spacial score (nSPS) is 19.9. The van der Waals surface area contributed by atoms with Crippen LogP contribution in [0.25, 0.3) is 20.7 Å². The molecule has 2 atom stereocenters. The van der Waals surface area contributed by atoms with Gasteiger partial charge in [-0.15, -0.1) is 11.3 Å². The second kappa shape index (κ2) is 7.64. The molecule has 2 heterocycles. The molecule has 1 N–H and O–H groups in total. The lowest BCUT2D eigenvalue weighted by atomic mass is 9.86. The summed E-state index contributed by atoms with van der Waals surface area (Å²) in [6, 6.07) is 12.0. The Hall–Kier alpha value is -2.47. The Morgan fingerprint density at radius 2 is 2.04 bits per heavy atom. The van der Waals surface area contributed by atoms with Crippen molar-refractivity contribution in [1.29, 1.82) is 0 Å². The van der Waals surface area contributed by atoms with Gasteiger partial charge in [0.2, 0.25) is 5.91 Å². The van der Waals surface area contributed by atoms with E-state index < -0.39 is 0 Å². The van der Waals surface area contributed by atoms with Gasteiger partial charge in [0.25, 0.3) is 5.56 Å². The zero-order valence-electron chi connectivity index (χ0n) is 15.4. The molecule has 1 aromatic carbocycles. The lowest BCUT2D eigenvalue weighted by molar-refractivity contribution is -0.123. The van der Waals surface area contributed by atoms with Crippen molar-refractivity contribution >= 4 is 27.5 Å². The molecule has 0 spiro atoms. The minimum atomic E-state index is -0.162. The molecule has 0 aliphatic heterocycles. The molecule has 0 unspecified atom stereocenters. The number of carbonyl (C=O) groups is 1. The average molecular weight is 382 g/mol. The predicted molar refractivity (Wildman–Crippen MR) is 109 cm³/mol. The molecule has 2 aromatic heterocycles. The first-order valence-electron chi connectivity index (χ1n) is 9.45. The summed E-state index contributed by atoms with van der Waals surface area (Å²) in [4.78, 5) is 31.4. The highest BCUT2D eigenvalue weighted by molar-refractivity contribution is 7.21. The highest BCUT2D eigenvalue weighted by Crippen LogP contribution is 2.30. The zero-order chi connectivity index (χ0) is 18.8. The summed E-state index contributed by atoms with van der Waals surface area (Å²) >= 11 is 1.50. The van der Waals surface area contributed by atoms with Gasteiger partial charge in [0, 0.05) is 10.9 Å². The molecule has 6 heteroatoms. The lowest BCUT2D eigenvalue weighted by Gasteiger charge is -2.29. The number of nitrogens with zero attached hydrogens (tertiary/aromatic N) is 2. The zero-order valence-corrected chi connectivity index (χ0v) is 16.2. The first-order chi connectivity index (χ1) is 13.1. The van der Waals surface area contributed by atoms with Crippen LogP contribution in [0.3, 0.4) is 0 Å². The van der Waals surface area contributed by atoms with Gasteiger partial charge in [-0.1, -0.05) is 50.1 Å². The second-order valence-corrected chi connectivity index (χ2v) is 8.34. The number of thiophene rings is 1. The van der Waals surface area contributed by atoms with E-state index in [0.29, 0.717) is 16.1 Å². The minimum absolute atomic E-state index is 0.0154. The Kier molecular flexibility index (Phi) is 5.07. The highest BCUT2D eigenvalue weighted by atomic mass is 32.1. The van der Waals surface area contributed by atoms with Crippen LogP contribution in [-0.4, -0.2) is 21.5 Å². The van der Waals surface area contributed by atoms with Crippen molar-refractivity contribution in [2.45, 2.75) is 45.2 Å². The Labute approximate surface area is 162 Å². The fourth-order valence-electron chi connectivity index (χ4n) is 3.75. The Bertz CT molecular complexity index is 1010. The molecule has 1 aliphatic carbocycles. The van der Waals surface area contributed by atoms with Gasteiger partial charge in [0.05, 0.1) is 11.7 Å². The first kappa shape index (κ1) is 17.9. The van der Waals surface area contributed by atoms with E-state index in [1.54, 1.807) is 0 Å². The number of rotatable bonds is 4. The van der Waals surface area contributed by atoms with E-state index >= 15 is 0 Å². The molecule has 140 valence electrons. The molecule has 4 rings (SSSR count). The molecule has 1 amide bonds. The quantitative estimate of drug-likeness (QED) is 0.747. The number of fused-ring (bicyclic) bond motifs is 1. The summed E-state index contributed by atoms with van der Waals surface area (Å²) in [5.41, 5.74) is 0.903. The Morgan fingerprint density at radius 3 is 2.81 bits per heavy atom. The molecule has 1 aliphatic rings. The van der Waals surface area contributed by atoms with Crippen LogP contribution in [0.5, 0.6) is 0 Å². The number of benzene rings is 1. The monoisotopic (exact) mass is 381 g/mol. The summed E-state index contributed by atoms with van der Waals surface area (Å²) in [6.45, 7) is 2.20. The van der Waals surface area contributed by atoms with Gasteiger partial charge in [-0.05, 0) is 30.4 Å². The van der Waals surface area contributed by atoms with E-state index in [4.69, 9.17) is 0 Å². The standard InChI is InChI=1S/C21H23N3O2S/c1-14-7-5-6-10-17(14)23-19(25)12-24-13-22-20-16(21(24)26)11-18(27-20)15-8-3-2-4-9-15/h2-4,8-9,11,13-14,17H,5-7,10,12H2,1H3,(H,23,25)/t14-,17+/m0/s1. The van der Waals surface area contributed by atoms with Crippen molar-refractivity contribution in [3.63, 3.8) is 0 Å². The lowest BCUT2D eigenvalue weighted by Crippen LogP contribution is -2.43. The molecule has 1 saturated carbocycles. The number of hydrogen-bond donors (Lipinski definition) is 1. The number of nitrogens with one attached hydrogen (secondary N) is 1. The van der Waals surface area contributed by atoms with Crippen molar-refractivity contribution in [2.24, 2.45) is 5.92 Å². The van der Waals surface area contributed by atoms with Crippen molar-refractivity contribution in [3.8, 4) is 10.4 Å². The number of amides is 1. The van der Waals surface area contributed by atoms with Gasteiger partial charge < -0.3 is 5.32 Å². The summed E-state index contributed by atoms with van der Waals surface area (Å²) in [5, 5.41) is 3.67. The Balaban J connectivity index is 1.55. The van der Waals surface area contributed by atoms with Crippen molar-refractivity contribution < 1.29 is 4.79 Å². The summed E-state index contributed by atoms with van der Waals surface area (Å²) in [7, 11) is 0. The van der Waals surface area contributed by atoms with Crippen LogP contribution >= 0.6 is 11.3 Å². The van der Waals surface area contributed by atoms with Gasteiger partial charge in [0.1, 0.15) is 11.4 Å². The van der Waals surface area contributed by atoms with E-state index in [9.17, 15) is 9.59 Å². The fourth-order valence-corrected chi connectivity index (χ4v) is 4.75. The number of carbonyl (C=O) groups excluding carboxylic acids is 1. The molecule has 5 nitrogen and oxygen atoms in total. The van der Waals surface area contributed by atoms with Crippen molar-refractivity contribution in [3.05, 3.63) is 53.1 Å². The van der Waals surface area contributed by atoms with E-state index in [1.807, 2.05) is 36.4 Å². The SMILES string of the molecule is C[C@H]1CCCC[C@H]1NC(=O)Cn1cnc2sc(-c3ccccc3)cc2c1=O. The first-order valence-corrected chi connectivity index (χ1v) is 10.3. The molecular formula is C21H23N3O2S. The summed E-state index contributed by atoms with van der Waals surface area (Å²) < 4.78 is 1.41. The molecule has 0 radical (unpaired) electrons. The van der Waals surface area contributed by atoms with E-state index in [-0.39, 0.29) is 24.1 Å². The van der Waals surface area contributed by atoms with Gasteiger partial charge in [0.15, 0.2) is 0 Å². The third kappa shape index (κ3) is 3.81. The van der Waals surface area contributed by atoms with Crippen molar-refractivity contribution in [2.75, 3.05) is 0 Å². The van der Waals surface area contributed by atoms with Crippen LogP contribution in [0, 0.1) is 5.92 Å². The number of aromatic nitrogens is 2. The predicted octanol–water partition coefficient (Wildman–Crippen LogP) is 3.82. The van der Waals surface area contributed by atoms with Crippen LogP contribution in [0.15, 0.2) is 47.5 Å². The van der Waals surface area contributed by atoms with Crippen LogP contribution in [-0.2, 0) is 11.3 Å². The number of hydrogen-bond acceptors (Lipinski definition) is 4. The van der Waals surface area contributed by atoms with Crippen LogP contribution in [0.1, 0.15) is 32.6 Å². The topological polar surface area (TPSA) is 64.0 Å². The fraction of sp³-hybridized carbons (Fsp3) is 0.381. The van der Waals surface area contributed by atoms with Crippen LogP contribution in [0.4, 0.5) is 0 Å². The molecule has 27 heavy (non-hydrogen) atoms. The highest BCUT2D eigenvalue weighted by Gasteiger charge is 2.23. The second-order valence-electron chi connectivity index (χ2n) is 7.31. The third-order valence-corrected chi connectivity index (χ3v) is 6.44. The molecule has 1 fully saturated rings. The maximum absolute atomic E-state index is 12.8. The molecule has 3 aromatic rings. The third-order valence-electron chi connectivity index (χ3n) is 5.35. The van der Waals surface area contributed by atoms with E-state index in [1.165, 1.54) is 28.7 Å². The molecule has 0 saturated heterocycles. The molecule has 0 bridgehead atoms. The smallest absolute Gasteiger partial charge is 0.262 e. The van der Waals surface area contributed by atoms with Gasteiger partial charge in [-0.25, -0.2) is 4.98 Å². The minimum Gasteiger partial charge on any atom is -0.352 e. The van der Waals surface area contributed by atoms with E-state index in [0.717, 1.165) is 29.7 Å².